The van der Waals surface area contributed by atoms with Crippen molar-refractivity contribution in [2.24, 2.45) is 0 Å². The molecule has 3 heterocycles. The second kappa shape index (κ2) is 8.84. The second-order valence-corrected chi connectivity index (χ2v) is 9.44. The first-order chi connectivity index (χ1) is 15.6. The van der Waals surface area contributed by atoms with Crippen LogP contribution in [0.25, 0.3) is 10.9 Å². The molecule has 0 bridgehead atoms. The molecule has 2 aromatic heterocycles. The highest BCUT2D eigenvalue weighted by atomic mass is 16.2. The summed E-state index contributed by atoms with van der Waals surface area (Å²) < 4.78 is 0. The van der Waals surface area contributed by atoms with Gasteiger partial charge in [-0.15, -0.1) is 0 Å². The number of nitrogens with zero attached hydrogens (tertiary/aromatic N) is 5. The van der Waals surface area contributed by atoms with Crippen LogP contribution in [0, 0.1) is 6.92 Å². The Hall–Kier alpha value is -3.42. The lowest BCUT2D eigenvalue weighted by molar-refractivity contribution is -0.129. The Morgan fingerprint density at radius 1 is 1.18 bits per heavy atom. The molecule has 33 heavy (non-hydrogen) atoms. The van der Waals surface area contributed by atoms with E-state index >= 15 is 0 Å². The summed E-state index contributed by atoms with van der Waals surface area (Å²) in [4.78, 5) is 43.6. The van der Waals surface area contributed by atoms with E-state index in [4.69, 9.17) is 4.98 Å². The highest BCUT2D eigenvalue weighted by Crippen LogP contribution is 2.30. The van der Waals surface area contributed by atoms with Crippen LogP contribution in [0.5, 0.6) is 0 Å². The molecule has 4 rings (SSSR count). The summed E-state index contributed by atoms with van der Waals surface area (Å²) in [5.41, 5.74) is 3.47. The van der Waals surface area contributed by atoms with E-state index < -0.39 is 0 Å². The molecule has 1 saturated heterocycles. The maximum absolute atomic E-state index is 13.1. The summed E-state index contributed by atoms with van der Waals surface area (Å²) in [6.45, 7) is 7.02. The zero-order valence-electron chi connectivity index (χ0n) is 20.2. The maximum atomic E-state index is 13.1. The number of fused-ring (bicyclic) bond motifs is 1. The average molecular weight is 449 g/mol. The van der Waals surface area contributed by atoms with Gasteiger partial charge in [-0.2, -0.15) is 0 Å². The van der Waals surface area contributed by atoms with Crippen LogP contribution < -0.4 is 4.90 Å². The van der Waals surface area contributed by atoms with Gasteiger partial charge in [-0.05, 0) is 38.5 Å². The predicted octanol–water partition coefficient (Wildman–Crippen LogP) is 3.33. The second-order valence-electron chi connectivity index (χ2n) is 9.44. The monoisotopic (exact) mass is 448 g/mol. The largest absolute Gasteiger partial charge is 0.363 e. The third kappa shape index (κ3) is 4.69. The number of benzene rings is 1. The Labute approximate surface area is 194 Å². The lowest BCUT2D eigenvalue weighted by Crippen LogP contribution is -2.32. The number of likely N-dealkylation sites (tertiary alicyclic amines) is 1. The molecule has 8 heteroatoms. The first-order valence-electron chi connectivity index (χ1n) is 11.3. The Bertz CT molecular complexity index is 1200. The predicted molar refractivity (Wildman–Crippen MR) is 129 cm³/mol. The molecule has 2 amide bonds. The summed E-state index contributed by atoms with van der Waals surface area (Å²) in [6.07, 6.45) is 0.449. The zero-order valence-corrected chi connectivity index (χ0v) is 20.2. The van der Waals surface area contributed by atoms with E-state index in [0.717, 1.165) is 28.0 Å². The molecule has 8 nitrogen and oxygen atoms in total. The number of carbonyl (C=O) groups is 2. The van der Waals surface area contributed by atoms with Crippen molar-refractivity contribution in [1.29, 1.82) is 0 Å². The van der Waals surface area contributed by atoms with Crippen LogP contribution in [0.4, 0.5) is 5.82 Å². The number of hydrogen-bond donors (Lipinski definition) is 1. The Kier molecular flexibility index (Phi) is 6.10. The third-order valence-corrected chi connectivity index (χ3v) is 6.17. The molecule has 3 aromatic rings. The highest BCUT2D eigenvalue weighted by Gasteiger charge is 2.33. The van der Waals surface area contributed by atoms with Gasteiger partial charge >= 0.3 is 0 Å². The van der Waals surface area contributed by atoms with Crippen molar-refractivity contribution in [3.63, 3.8) is 0 Å². The molecule has 1 aliphatic rings. The van der Waals surface area contributed by atoms with Crippen LogP contribution in [-0.4, -0.2) is 70.3 Å². The van der Waals surface area contributed by atoms with Crippen molar-refractivity contribution in [3.05, 3.63) is 53.1 Å². The summed E-state index contributed by atoms with van der Waals surface area (Å²) in [5.74, 6) is 1.40. The van der Waals surface area contributed by atoms with Gasteiger partial charge in [-0.3, -0.25) is 9.59 Å². The fourth-order valence-corrected chi connectivity index (χ4v) is 4.29. The maximum Gasteiger partial charge on any atom is 0.270 e. The molecule has 1 aliphatic heterocycles. The number of amides is 2. The number of anilines is 1. The van der Waals surface area contributed by atoms with Crippen molar-refractivity contribution < 1.29 is 9.59 Å². The molecule has 0 radical (unpaired) electrons. The fourth-order valence-electron chi connectivity index (χ4n) is 4.29. The third-order valence-electron chi connectivity index (χ3n) is 6.17. The molecule has 1 fully saturated rings. The molecule has 174 valence electrons. The van der Waals surface area contributed by atoms with Gasteiger partial charge in [0.1, 0.15) is 17.3 Å². The van der Waals surface area contributed by atoms with Gasteiger partial charge in [0, 0.05) is 63.0 Å². The van der Waals surface area contributed by atoms with E-state index in [9.17, 15) is 9.59 Å². The number of hydrogen-bond acceptors (Lipinski definition) is 5. The van der Waals surface area contributed by atoms with E-state index in [1.54, 1.807) is 11.9 Å². The molecule has 1 atom stereocenters. The van der Waals surface area contributed by atoms with Gasteiger partial charge in [0.2, 0.25) is 5.91 Å². The minimum absolute atomic E-state index is 0.0262. The molecular formula is C25H32N6O2. The van der Waals surface area contributed by atoms with Gasteiger partial charge in [0.25, 0.3) is 5.91 Å². The number of aromatic nitrogens is 3. The van der Waals surface area contributed by atoms with Gasteiger partial charge in [0.05, 0.1) is 12.2 Å². The van der Waals surface area contributed by atoms with Crippen LogP contribution >= 0.6 is 0 Å². The summed E-state index contributed by atoms with van der Waals surface area (Å²) >= 11 is 0. The number of aryl methyl sites for hydroxylation is 1. The SMILES string of the molecule is Cc1ccc2cc(C(=O)N(C)Cc3nc(C4CC(=O)N(C(C)C)C4)cc(N(C)C)n3)[nH]c2c1. The summed E-state index contributed by atoms with van der Waals surface area (Å²) in [7, 11) is 5.61. The topological polar surface area (TPSA) is 85.4 Å². The summed E-state index contributed by atoms with van der Waals surface area (Å²) in [5, 5.41) is 1.01. The van der Waals surface area contributed by atoms with Gasteiger partial charge < -0.3 is 19.7 Å². The number of aromatic amines is 1. The Morgan fingerprint density at radius 2 is 1.94 bits per heavy atom. The number of nitrogens with one attached hydrogen (secondary N) is 1. The quantitative estimate of drug-likeness (QED) is 0.625. The van der Waals surface area contributed by atoms with Crippen LogP contribution in [0.1, 0.15) is 53.8 Å². The molecule has 0 aliphatic carbocycles. The van der Waals surface area contributed by atoms with E-state index in [0.29, 0.717) is 24.5 Å². The smallest absolute Gasteiger partial charge is 0.270 e. The minimum atomic E-state index is -0.119. The highest BCUT2D eigenvalue weighted by molar-refractivity contribution is 5.98. The normalized spacial score (nSPS) is 16.2. The van der Waals surface area contributed by atoms with Crippen LogP contribution in [-0.2, 0) is 11.3 Å². The van der Waals surface area contributed by atoms with E-state index in [1.165, 1.54) is 0 Å². The molecule has 1 aromatic carbocycles. The Morgan fingerprint density at radius 3 is 2.61 bits per heavy atom. The van der Waals surface area contributed by atoms with Crippen LogP contribution in [0.3, 0.4) is 0 Å². The number of carbonyl (C=O) groups excluding carboxylic acids is 2. The number of rotatable bonds is 6. The Balaban J connectivity index is 1.57. The zero-order chi connectivity index (χ0) is 23.9. The molecule has 1 unspecified atom stereocenters. The molecule has 0 saturated carbocycles. The van der Waals surface area contributed by atoms with Crippen molar-refractivity contribution in [3.8, 4) is 0 Å². The van der Waals surface area contributed by atoms with Crippen molar-refractivity contribution in [2.45, 2.75) is 45.7 Å². The van der Waals surface area contributed by atoms with Gasteiger partial charge in [-0.1, -0.05) is 12.1 Å². The van der Waals surface area contributed by atoms with Crippen molar-refractivity contribution in [1.82, 2.24) is 24.8 Å². The molecule has 0 spiro atoms. The van der Waals surface area contributed by atoms with Crippen LogP contribution in [0.15, 0.2) is 30.3 Å². The van der Waals surface area contributed by atoms with Gasteiger partial charge in [-0.25, -0.2) is 9.97 Å². The summed E-state index contributed by atoms with van der Waals surface area (Å²) in [6, 6.07) is 10.1. The van der Waals surface area contributed by atoms with E-state index in [2.05, 4.69) is 9.97 Å². The lowest BCUT2D eigenvalue weighted by Gasteiger charge is -2.22. The van der Waals surface area contributed by atoms with Crippen molar-refractivity contribution in [2.75, 3.05) is 32.6 Å². The van der Waals surface area contributed by atoms with Gasteiger partial charge in [0.15, 0.2) is 0 Å². The minimum Gasteiger partial charge on any atom is -0.363 e. The molecular weight excluding hydrogens is 416 g/mol. The van der Waals surface area contributed by atoms with Crippen LogP contribution in [0.2, 0.25) is 0 Å². The lowest BCUT2D eigenvalue weighted by atomic mass is 10.0. The first kappa shape index (κ1) is 22.8. The van der Waals surface area contributed by atoms with E-state index in [1.807, 2.05) is 75.0 Å². The first-order valence-corrected chi connectivity index (χ1v) is 11.3. The van der Waals surface area contributed by atoms with E-state index in [-0.39, 0.29) is 30.3 Å². The van der Waals surface area contributed by atoms with Crippen molar-refractivity contribution >= 4 is 28.5 Å². The number of H-pyrrole nitrogens is 1. The fraction of sp³-hybridized carbons (Fsp3) is 0.440. The average Bonchev–Trinajstić information content (AvgIpc) is 3.36. The molecule has 1 N–H and O–H groups in total. The standard InChI is InChI=1S/C25H32N6O2/c1-15(2)31-13-18(11-24(31)32)20-12-23(29(4)5)28-22(27-20)14-30(6)25(33)21-10-17-8-7-16(3)9-19(17)26-21/h7-10,12,15,18,26H,11,13-14H2,1-6H3.